The van der Waals surface area contributed by atoms with Crippen LogP contribution in [0.2, 0.25) is 0 Å². The fourth-order valence-electron chi connectivity index (χ4n) is 1.81. The first-order valence-corrected chi connectivity index (χ1v) is 6.67. The Kier molecular flexibility index (Phi) is 4.12. The van der Waals surface area contributed by atoms with Gasteiger partial charge in [0, 0.05) is 0 Å². The maximum absolute atomic E-state index is 12.9. The first-order valence-electron chi connectivity index (χ1n) is 5.13. The first-order chi connectivity index (χ1) is 8.80. The van der Waals surface area contributed by atoms with Crippen LogP contribution >= 0.6 is 0 Å². The number of hydrogen-bond donors (Lipinski definition) is 1. The van der Waals surface area contributed by atoms with Crippen molar-refractivity contribution >= 4 is 10.0 Å². The molecule has 0 fully saturated rings. The average molecular weight is 321 g/mol. The molecule has 0 atom stereocenters. The number of rotatable bonds is 2. The van der Waals surface area contributed by atoms with Crippen molar-refractivity contribution in [2.75, 3.05) is 0 Å². The van der Waals surface area contributed by atoms with Crippen LogP contribution in [0, 0.1) is 0 Å². The summed E-state index contributed by atoms with van der Waals surface area (Å²) in [7, 11) is -4.80. The van der Waals surface area contributed by atoms with E-state index in [9.17, 15) is 34.8 Å². The number of hydrogen-bond acceptors (Lipinski definition) is 2. The summed E-state index contributed by atoms with van der Waals surface area (Å²) in [5, 5.41) is 4.63. The highest BCUT2D eigenvalue weighted by atomic mass is 32.2. The summed E-state index contributed by atoms with van der Waals surface area (Å²) >= 11 is 0. The summed E-state index contributed by atoms with van der Waals surface area (Å²) in [6.45, 7) is 1.06. The van der Waals surface area contributed by atoms with E-state index in [0.29, 0.717) is 0 Å². The van der Waals surface area contributed by atoms with E-state index < -0.39 is 50.4 Å². The van der Waals surface area contributed by atoms with Gasteiger partial charge in [0.05, 0.1) is 16.0 Å². The fraction of sp³-hybridized carbons (Fsp3) is 0.400. The van der Waals surface area contributed by atoms with Gasteiger partial charge in [0.25, 0.3) is 0 Å². The largest absolute Gasteiger partial charge is 0.418 e. The van der Waals surface area contributed by atoms with E-state index in [2.05, 4.69) is 5.14 Å². The molecule has 0 bridgehead atoms. The summed E-state index contributed by atoms with van der Waals surface area (Å²) in [4.78, 5) is -1.37. The summed E-state index contributed by atoms with van der Waals surface area (Å²) < 4.78 is 99.0. The van der Waals surface area contributed by atoms with Gasteiger partial charge in [-0.2, -0.15) is 26.3 Å². The Hall–Kier alpha value is -1.29. The molecule has 2 N–H and O–H groups in total. The van der Waals surface area contributed by atoms with Gasteiger partial charge in [-0.05, 0) is 24.1 Å². The highest BCUT2D eigenvalue weighted by Crippen LogP contribution is 2.42. The third-order valence-electron chi connectivity index (χ3n) is 2.52. The lowest BCUT2D eigenvalue weighted by Gasteiger charge is -2.20. The van der Waals surface area contributed by atoms with Gasteiger partial charge in [-0.25, -0.2) is 13.6 Å². The van der Waals surface area contributed by atoms with Gasteiger partial charge in [-0.1, -0.05) is 6.92 Å². The van der Waals surface area contributed by atoms with Gasteiger partial charge >= 0.3 is 12.4 Å². The normalized spacial score (nSPS) is 13.6. The number of sulfonamides is 1. The second-order valence-electron chi connectivity index (χ2n) is 3.86. The van der Waals surface area contributed by atoms with E-state index in [1.165, 1.54) is 0 Å². The van der Waals surface area contributed by atoms with E-state index in [-0.39, 0.29) is 12.1 Å². The summed E-state index contributed by atoms with van der Waals surface area (Å²) in [5.74, 6) is 0. The predicted octanol–water partition coefficient (Wildman–Crippen LogP) is 2.93. The van der Waals surface area contributed by atoms with Crippen molar-refractivity contribution in [2.24, 2.45) is 5.14 Å². The number of halogens is 6. The van der Waals surface area contributed by atoms with Crippen LogP contribution in [0.4, 0.5) is 26.3 Å². The standard InChI is InChI=1S/C10H9F6NO2S/c1-2-5-6(9(11,12)13)3-4-7(20(17,18)19)8(5)10(14,15)16/h3-4H,2H2,1H3,(H2,17,18,19). The Labute approximate surface area is 110 Å². The zero-order valence-corrected chi connectivity index (χ0v) is 10.7. The molecule has 0 aliphatic rings. The van der Waals surface area contributed by atoms with Crippen LogP contribution in [0.3, 0.4) is 0 Å². The molecule has 0 saturated carbocycles. The average Bonchev–Trinajstić information content (AvgIpc) is 2.23. The first kappa shape index (κ1) is 16.8. The van der Waals surface area contributed by atoms with Crippen LogP contribution in [-0.2, 0) is 28.8 Å². The Morgan fingerprint density at radius 1 is 1.05 bits per heavy atom. The van der Waals surface area contributed by atoms with Crippen molar-refractivity contribution in [1.29, 1.82) is 0 Å². The number of benzene rings is 1. The van der Waals surface area contributed by atoms with E-state index in [1.807, 2.05) is 0 Å². The van der Waals surface area contributed by atoms with Gasteiger partial charge in [0.15, 0.2) is 0 Å². The smallest absolute Gasteiger partial charge is 0.225 e. The molecule has 0 amide bonds. The lowest BCUT2D eigenvalue weighted by atomic mass is 9.98. The maximum atomic E-state index is 12.9. The minimum absolute atomic E-state index is 0.222. The van der Waals surface area contributed by atoms with E-state index in [1.54, 1.807) is 0 Å². The minimum atomic E-state index is -5.27. The molecule has 0 unspecified atom stereocenters. The van der Waals surface area contributed by atoms with E-state index >= 15 is 0 Å². The zero-order chi connectivity index (χ0) is 15.9. The molecule has 1 aromatic rings. The molecule has 0 spiro atoms. The minimum Gasteiger partial charge on any atom is -0.225 e. The van der Waals surface area contributed by atoms with E-state index in [0.717, 1.165) is 6.92 Å². The molecule has 10 heteroatoms. The van der Waals surface area contributed by atoms with Crippen molar-refractivity contribution < 1.29 is 34.8 Å². The molecule has 0 aliphatic carbocycles. The Morgan fingerprint density at radius 2 is 1.55 bits per heavy atom. The third-order valence-corrected chi connectivity index (χ3v) is 3.48. The molecule has 114 valence electrons. The van der Waals surface area contributed by atoms with Gasteiger partial charge in [0.2, 0.25) is 10.0 Å². The highest BCUT2D eigenvalue weighted by Gasteiger charge is 2.43. The lowest BCUT2D eigenvalue weighted by molar-refractivity contribution is -0.145. The van der Waals surface area contributed by atoms with Crippen LogP contribution in [0.1, 0.15) is 23.6 Å². The van der Waals surface area contributed by atoms with Crippen molar-refractivity contribution in [3.63, 3.8) is 0 Å². The second-order valence-corrected chi connectivity index (χ2v) is 5.39. The second kappa shape index (κ2) is 4.92. The van der Waals surface area contributed by atoms with Crippen LogP contribution in [0.5, 0.6) is 0 Å². The molecule has 0 radical (unpaired) electrons. The Morgan fingerprint density at radius 3 is 1.85 bits per heavy atom. The SMILES string of the molecule is CCc1c(C(F)(F)F)ccc(S(N)(=O)=O)c1C(F)(F)F. The van der Waals surface area contributed by atoms with Gasteiger partial charge < -0.3 is 0 Å². The summed E-state index contributed by atoms with van der Waals surface area (Å²) in [6.07, 6.45) is -10.9. The molecule has 1 aromatic carbocycles. The summed E-state index contributed by atoms with van der Waals surface area (Å²) in [5.41, 5.74) is -4.53. The Bertz CT molecular complexity index is 618. The zero-order valence-electron chi connectivity index (χ0n) is 9.93. The van der Waals surface area contributed by atoms with Gasteiger partial charge in [-0.3, -0.25) is 0 Å². The van der Waals surface area contributed by atoms with Crippen LogP contribution in [0.15, 0.2) is 17.0 Å². The van der Waals surface area contributed by atoms with Crippen LogP contribution in [0.25, 0.3) is 0 Å². The topological polar surface area (TPSA) is 60.2 Å². The van der Waals surface area contributed by atoms with Crippen LogP contribution < -0.4 is 5.14 Å². The molecule has 0 aromatic heterocycles. The van der Waals surface area contributed by atoms with Crippen molar-refractivity contribution in [3.8, 4) is 0 Å². The summed E-state index contributed by atoms with van der Waals surface area (Å²) in [6, 6.07) is 0.508. The number of primary sulfonamides is 1. The van der Waals surface area contributed by atoms with Crippen LogP contribution in [-0.4, -0.2) is 8.42 Å². The lowest BCUT2D eigenvalue weighted by Crippen LogP contribution is -2.23. The maximum Gasteiger partial charge on any atom is 0.418 e. The van der Waals surface area contributed by atoms with Gasteiger partial charge in [0.1, 0.15) is 0 Å². The molecular formula is C10H9F6NO2S. The van der Waals surface area contributed by atoms with E-state index in [4.69, 9.17) is 0 Å². The van der Waals surface area contributed by atoms with Crippen molar-refractivity contribution in [3.05, 3.63) is 28.8 Å². The number of alkyl halides is 6. The molecule has 0 heterocycles. The predicted molar refractivity (Wildman–Crippen MR) is 57.2 cm³/mol. The monoisotopic (exact) mass is 321 g/mol. The molecule has 0 aliphatic heterocycles. The molecule has 20 heavy (non-hydrogen) atoms. The highest BCUT2D eigenvalue weighted by molar-refractivity contribution is 7.89. The van der Waals surface area contributed by atoms with Crippen molar-refractivity contribution in [1.82, 2.24) is 0 Å². The fourth-order valence-corrected chi connectivity index (χ4v) is 2.59. The molecule has 3 nitrogen and oxygen atoms in total. The van der Waals surface area contributed by atoms with Crippen molar-refractivity contribution in [2.45, 2.75) is 30.6 Å². The van der Waals surface area contributed by atoms with Gasteiger partial charge in [-0.15, -0.1) is 0 Å². The number of nitrogens with two attached hydrogens (primary N) is 1. The molecule has 0 saturated heterocycles. The molecular weight excluding hydrogens is 312 g/mol. The molecule has 1 rings (SSSR count). The quantitative estimate of drug-likeness (QED) is 0.852. The third kappa shape index (κ3) is 3.23. The Balaban J connectivity index is 3.89.